The van der Waals surface area contributed by atoms with Crippen LogP contribution in [0.1, 0.15) is 13.8 Å². The first-order chi connectivity index (χ1) is 17.1. The fraction of sp³-hybridized carbons (Fsp3) is 0.333. The summed E-state index contributed by atoms with van der Waals surface area (Å²) in [7, 11) is 0. The Balaban J connectivity index is 0.000000201. The molecule has 4 rings (SSSR count). The normalized spacial score (nSPS) is 20.4. The van der Waals surface area contributed by atoms with E-state index in [1.807, 2.05) is 0 Å². The van der Waals surface area contributed by atoms with Gasteiger partial charge >= 0.3 is 12.2 Å². The summed E-state index contributed by atoms with van der Waals surface area (Å²) >= 11 is 11.9. The molecule has 0 radical (unpaired) electrons. The van der Waals surface area contributed by atoms with Gasteiger partial charge in [0.2, 0.25) is 11.4 Å². The third kappa shape index (κ3) is 5.64. The minimum atomic E-state index is -0.712. The number of aliphatic hydroxyl groups excluding tert-OH is 2. The van der Waals surface area contributed by atoms with Crippen LogP contribution in [0.25, 0.3) is 9.69 Å². The number of rotatable bonds is 4. The maximum Gasteiger partial charge on any atom is 0.414 e. The molecule has 2 N–H and O–H groups in total. The topological polar surface area (TPSA) is 108 Å². The summed E-state index contributed by atoms with van der Waals surface area (Å²) in [5.74, 6) is 0. The average molecular weight is 533 g/mol. The monoisotopic (exact) mass is 532 g/mol. The molecule has 2 fully saturated rings. The van der Waals surface area contributed by atoms with Crippen LogP contribution in [-0.2, 0) is 9.47 Å². The van der Waals surface area contributed by atoms with Crippen molar-refractivity contribution in [2.24, 2.45) is 0 Å². The lowest BCUT2D eigenvalue weighted by Gasteiger charge is -2.23. The molecule has 2 amide bonds. The number of ether oxygens (including phenoxy) is 2. The Labute approximate surface area is 217 Å². The van der Waals surface area contributed by atoms with E-state index in [0.29, 0.717) is 22.7 Å². The molecule has 2 aromatic rings. The van der Waals surface area contributed by atoms with Crippen molar-refractivity contribution in [3.8, 4) is 0 Å². The Bertz CT molecular complexity index is 1140. The second-order valence-electron chi connectivity index (χ2n) is 8.00. The fourth-order valence-corrected chi connectivity index (χ4v) is 4.08. The molecule has 12 heteroatoms. The lowest BCUT2D eigenvalue weighted by Crippen LogP contribution is -2.40. The Kier molecular flexibility index (Phi) is 8.62. The molecule has 0 aromatic heterocycles. The third-order valence-electron chi connectivity index (χ3n) is 5.59. The Morgan fingerprint density at radius 2 is 1.19 bits per heavy atom. The summed E-state index contributed by atoms with van der Waals surface area (Å²) in [6.07, 6.45) is -2.47. The van der Waals surface area contributed by atoms with Crippen LogP contribution in [0.5, 0.6) is 0 Å². The molecule has 10 nitrogen and oxygen atoms in total. The first-order valence-corrected chi connectivity index (χ1v) is 11.5. The summed E-state index contributed by atoms with van der Waals surface area (Å²) < 4.78 is 9.83. The van der Waals surface area contributed by atoms with Gasteiger partial charge in [0.25, 0.3) is 0 Å². The van der Waals surface area contributed by atoms with E-state index >= 15 is 0 Å². The van der Waals surface area contributed by atoms with Gasteiger partial charge in [-0.25, -0.2) is 19.3 Å². The molecule has 0 spiro atoms. The molecule has 188 valence electrons. The van der Waals surface area contributed by atoms with Gasteiger partial charge in [-0.05, 0) is 38.1 Å². The highest BCUT2D eigenvalue weighted by Crippen LogP contribution is 2.34. The third-order valence-corrected chi connectivity index (χ3v) is 6.19. The second kappa shape index (κ2) is 11.5. The van der Waals surface area contributed by atoms with Crippen molar-refractivity contribution in [3.63, 3.8) is 0 Å². The van der Waals surface area contributed by atoms with Gasteiger partial charge in [0, 0.05) is 21.4 Å². The van der Waals surface area contributed by atoms with Gasteiger partial charge < -0.3 is 19.7 Å². The summed E-state index contributed by atoms with van der Waals surface area (Å²) in [6.45, 7) is 17.3. The van der Waals surface area contributed by atoms with E-state index in [-0.39, 0.29) is 23.3 Å². The van der Waals surface area contributed by atoms with Crippen molar-refractivity contribution in [2.45, 2.75) is 38.1 Å². The predicted molar refractivity (Wildman–Crippen MR) is 134 cm³/mol. The van der Waals surface area contributed by atoms with Crippen LogP contribution in [0.3, 0.4) is 0 Å². The Hall–Kier alpha value is -3.54. The number of halogens is 2. The molecule has 0 saturated carbocycles. The lowest BCUT2D eigenvalue weighted by molar-refractivity contribution is 0.141. The number of hydrogen-bond donors (Lipinski definition) is 2. The van der Waals surface area contributed by atoms with Crippen LogP contribution in [0.15, 0.2) is 36.4 Å². The zero-order chi connectivity index (χ0) is 26.6. The highest BCUT2D eigenvalue weighted by atomic mass is 35.5. The number of benzene rings is 2. The van der Waals surface area contributed by atoms with E-state index in [2.05, 4.69) is 9.69 Å². The number of carbonyl (C=O) groups is 2. The highest BCUT2D eigenvalue weighted by molar-refractivity contribution is 6.34. The summed E-state index contributed by atoms with van der Waals surface area (Å²) in [6, 6.07) is 8.47. The van der Waals surface area contributed by atoms with E-state index in [4.69, 9.17) is 45.8 Å². The van der Waals surface area contributed by atoms with Crippen molar-refractivity contribution >= 4 is 58.1 Å². The maximum absolute atomic E-state index is 11.6. The van der Waals surface area contributed by atoms with Crippen molar-refractivity contribution in [2.75, 3.05) is 23.0 Å². The number of aliphatic hydroxyl groups is 2. The molecular weight excluding hydrogens is 511 g/mol. The molecule has 2 unspecified atom stereocenters. The van der Waals surface area contributed by atoms with Gasteiger partial charge in [0.15, 0.2) is 0 Å². The van der Waals surface area contributed by atoms with E-state index in [0.717, 1.165) is 0 Å². The second-order valence-corrected chi connectivity index (χ2v) is 8.82. The zero-order valence-electron chi connectivity index (χ0n) is 19.3. The lowest BCUT2D eigenvalue weighted by atomic mass is 10.1. The molecule has 2 aliphatic heterocycles. The van der Waals surface area contributed by atoms with Gasteiger partial charge in [0.05, 0.1) is 25.4 Å². The van der Waals surface area contributed by atoms with Gasteiger partial charge in [-0.15, -0.1) is 0 Å². The number of anilines is 2. The van der Waals surface area contributed by atoms with Crippen LogP contribution >= 0.6 is 23.2 Å². The molecule has 2 aromatic carbocycles. The van der Waals surface area contributed by atoms with Gasteiger partial charge in [0.1, 0.15) is 25.3 Å². The van der Waals surface area contributed by atoms with Crippen LogP contribution in [0.4, 0.5) is 32.3 Å². The molecule has 0 aliphatic carbocycles. The molecule has 4 atom stereocenters. The van der Waals surface area contributed by atoms with Crippen LogP contribution in [0.2, 0.25) is 10.0 Å². The SMILES string of the molecule is [C-]#[N+]c1ccc(N2C(=O)OCC2[C@@H](C)O)cc1Cl.[C-]#[N+]c1ccc(N2C(=O)OCC2[C@H](C)O)cc1Cl. The van der Waals surface area contributed by atoms with E-state index in [1.54, 1.807) is 26.0 Å². The van der Waals surface area contributed by atoms with Crippen molar-refractivity contribution in [3.05, 3.63) is 69.3 Å². The highest BCUT2D eigenvalue weighted by Gasteiger charge is 2.38. The van der Waals surface area contributed by atoms with Gasteiger partial charge in [-0.1, -0.05) is 35.3 Å². The van der Waals surface area contributed by atoms with Crippen molar-refractivity contribution in [1.82, 2.24) is 0 Å². The van der Waals surface area contributed by atoms with Crippen molar-refractivity contribution < 1.29 is 29.3 Å². The van der Waals surface area contributed by atoms with Gasteiger partial charge in [-0.3, -0.25) is 9.80 Å². The summed E-state index contributed by atoms with van der Waals surface area (Å²) in [5, 5.41) is 19.8. The first kappa shape index (κ1) is 27.1. The quantitative estimate of drug-likeness (QED) is 0.524. The van der Waals surface area contributed by atoms with E-state index < -0.39 is 36.5 Å². The van der Waals surface area contributed by atoms with Crippen LogP contribution < -0.4 is 9.80 Å². The smallest absolute Gasteiger partial charge is 0.414 e. The minimum absolute atomic E-state index is 0.138. The summed E-state index contributed by atoms with van der Waals surface area (Å²) in [5.41, 5.74) is 1.67. The number of hydrogen-bond acceptors (Lipinski definition) is 6. The zero-order valence-corrected chi connectivity index (χ0v) is 20.8. The molecule has 2 aliphatic rings. The Morgan fingerprint density at radius 1 is 0.833 bits per heavy atom. The average Bonchev–Trinajstić information content (AvgIpc) is 3.42. The Morgan fingerprint density at radius 3 is 1.47 bits per heavy atom. The van der Waals surface area contributed by atoms with E-state index in [9.17, 15) is 19.8 Å². The van der Waals surface area contributed by atoms with Crippen LogP contribution in [-0.4, -0.2) is 59.9 Å². The van der Waals surface area contributed by atoms with E-state index in [1.165, 1.54) is 34.1 Å². The number of amides is 2. The van der Waals surface area contributed by atoms with Crippen LogP contribution in [0, 0.1) is 13.1 Å². The number of cyclic esters (lactones) is 2. The number of nitrogens with zero attached hydrogens (tertiary/aromatic N) is 4. The molecule has 2 heterocycles. The van der Waals surface area contributed by atoms with Crippen molar-refractivity contribution in [1.29, 1.82) is 0 Å². The van der Waals surface area contributed by atoms with Gasteiger partial charge in [-0.2, -0.15) is 0 Å². The molecule has 0 bridgehead atoms. The number of carbonyl (C=O) groups excluding carboxylic acids is 2. The molecule has 36 heavy (non-hydrogen) atoms. The summed E-state index contributed by atoms with van der Waals surface area (Å²) in [4.78, 5) is 32.5. The standard InChI is InChI=1S/2C12H11ClN2O3/c2*1-7(16)11-6-18-12(17)15(11)8-3-4-10(14-2)9(13)5-8/h2*3-5,7,11,16H,6H2,1H3/t2*7-,11?/m10/s1. The fourth-order valence-electron chi connectivity index (χ4n) is 3.65. The molecular formula is C24H22Cl2N4O6. The first-order valence-electron chi connectivity index (χ1n) is 10.7. The minimum Gasteiger partial charge on any atom is -0.447 e. The molecule has 2 saturated heterocycles. The maximum atomic E-state index is 11.6. The predicted octanol–water partition coefficient (Wildman–Crippen LogP) is 5.19. The largest absolute Gasteiger partial charge is 0.447 e.